The summed E-state index contributed by atoms with van der Waals surface area (Å²) in [6.07, 6.45) is 0.911. The second kappa shape index (κ2) is 4.70. The second-order valence-corrected chi connectivity index (χ2v) is 3.15. The Labute approximate surface area is 99.0 Å². The van der Waals surface area contributed by atoms with Gasteiger partial charge in [0.05, 0.1) is 17.1 Å². The van der Waals surface area contributed by atoms with Crippen LogP contribution < -0.4 is 4.74 Å². The number of rotatable bonds is 3. The number of nitrogens with zero attached hydrogens (tertiary/aromatic N) is 3. The number of halogens is 2. The highest BCUT2D eigenvalue weighted by atomic mass is 19.1. The quantitative estimate of drug-likeness (QED) is 0.477. The van der Waals surface area contributed by atoms with Gasteiger partial charge >= 0.3 is 0 Å². The molecule has 18 heavy (non-hydrogen) atoms. The van der Waals surface area contributed by atoms with Crippen LogP contribution in [0, 0.1) is 21.9 Å². The van der Waals surface area contributed by atoms with Crippen molar-refractivity contribution in [3.8, 4) is 11.6 Å². The van der Waals surface area contributed by atoms with Crippen molar-refractivity contribution in [3.63, 3.8) is 0 Å². The molecular formula is C10H5F2N3O3. The van der Waals surface area contributed by atoms with Gasteiger partial charge in [-0.1, -0.05) is 0 Å². The number of aromatic nitrogens is 2. The molecule has 0 atom stereocenters. The van der Waals surface area contributed by atoms with Crippen LogP contribution in [0.1, 0.15) is 0 Å². The largest absolute Gasteiger partial charge is 0.436 e. The number of ether oxygens (including phenoxy) is 1. The summed E-state index contributed by atoms with van der Waals surface area (Å²) in [6, 6.07) is 3.69. The topological polar surface area (TPSA) is 78.2 Å². The summed E-state index contributed by atoms with van der Waals surface area (Å²) in [4.78, 5) is 16.4. The van der Waals surface area contributed by atoms with Crippen LogP contribution in [0.3, 0.4) is 0 Å². The Morgan fingerprint density at radius 1 is 1.22 bits per heavy atom. The Morgan fingerprint density at radius 2 is 2.00 bits per heavy atom. The minimum atomic E-state index is -0.941. The van der Waals surface area contributed by atoms with Gasteiger partial charge in [0.15, 0.2) is 11.6 Å². The van der Waals surface area contributed by atoms with Crippen molar-refractivity contribution in [1.29, 1.82) is 0 Å². The smallest absolute Gasteiger partial charge is 0.272 e. The Bertz CT molecular complexity index is 607. The maximum absolute atomic E-state index is 13.4. The molecule has 0 amide bonds. The van der Waals surface area contributed by atoms with Crippen molar-refractivity contribution >= 4 is 5.69 Å². The van der Waals surface area contributed by atoms with E-state index in [4.69, 9.17) is 4.74 Å². The number of hydrogen-bond acceptors (Lipinski definition) is 5. The van der Waals surface area contributed by atoms with Gasteiger partial charge in [0, 0.05) is 6.07 Å². The van der Waals surface area contributed by atoms with Crippen molar-refractivity contribution in [2.24, 2.45) is 0 Å². The second-order valence-electron chi connectivity index (χ2n) is 3.15. The van der Waals surface area contributed by atoms with E-state index >= 15 is 0 Å². The molecule has 0 saturated carbocycles. The molecule has 0 aliphatic carbocycles. The Hall–Kier alpha value is -2.64. The molecule has 1 aromatic heterocycles. The summed E-state index contributed by atoms with van der Waals surface area (Å²) >= 11 is 0. The van der Waals surface area contributed by atoms with Crippen LogP contribution in [0.2, 0.25) is 0 Å². The molecule has 0 N–H and O–H groups in total. The van der Waals surface area contributed by atoms with Gasteiger partial charge in [0.1, 0.15) is 6.33 Å². The van der Waals surface area contributed by atoms with Crippen LogP contribution in [-0.4, -0.2) is 14.9 Å². The normalized spacial score (nSPS) is 10.1. The van der Waals surface area contributed by atoms with Gasteiger partial charge in [-0.25, -0.2) is 14.4 Å². The van der Waals surface area contributed by atoms with Crippen molar-refractivity contribution in [2.45, 2.75) is 0 Å². The average Bonchev–Trinajstić information content (AvgIpc) is 2.31. The highest BCUT2D eigenvalue weighted by molar-refractivity contribution is 5.38. The van der Waals surface area contributed by atoms with Crippen molar-refractivity contribution < 1.29 is 18.4 Å². The number of hydrogen-bond donors (Lipinski definition) is 0. The van der Waals surface area contributed by atoms with Gasteiger partial charge < -0.3 is 4.74 Å². The lowest BCUT2D eigenvalue weighted by molar-refractivity contribution is -0.385. The Morgan fingerprint density at radius 3 is 2.61 bits per heavy atom. The summed E-state index contributed by atoms with van der Waals surface area (Å²) < 4.78 is 31.1. The van der Waals surface area contributed by atoms with Crippen LogP contribution in [0.25, 0.3) is 0 Å². The standard InChI is InChI=1S/C10H5F2N3O3/c11-7-3-6(15(16)17)1-2-8(7)18-10-4-9(12)13-5-14-10/h1-5H. The van der Waals surface area contributed by atoms with E-state index in [1.165, 1.54) is 0 Å². The number of nitro groups is 1. The lowest BCUT2D eigenvalue weighted by Crippen LogP contribution is -1.95. The lowest BCUT2D eigenvalue weighted by atomic mass is 10.3. The molecule has 1 aromatic carbocycles. The molecule has 0 aliphatic heterocycles. The van der Waals surface area contributed by atoms with Gasteiger partial charge in [-0.3, -0.25) is 10.1 Å². The first-order valence-corrected chi connectivity index (χ1v) is 4.65. The number of non-ortho nitro benzene ring substituents is 1. The van der Waals surface area contributed by atoms with E-state index in [0.29, 0.717) is 6.07 Å². The molecule has 2 aromatic rings. The highest BCUT2D eigenvalue weighted by Crippen LogP contribution is 2.26. The first-order valence-electron chi connectivity index (χ1n) is 4.65. The van der Waals surface area contributed by atoms with Gasteiger partial charge in [0.2, 0.25) is 11.8 Å². The minimum Gasteiger partial charge on any atom is -0.436 e. The van der Waals surface area contributed by atoms with Crippen LogP contribution in [0.4, 0.5) is 14.5 Å². The summed E-state index contributed by atoms with van der Waals surface area (Å²) in [5.41, 5.74) is -0.409. The predicted octanol–water partition coefficient (Wildman–Crippen LogP) is 2.46. The monoisotopic (exact) mass is 253 g/mol. The van der Waals surface area contributed by atoms with Crippen LogP contribution in [-0.2, 0) is 0 Å². The first kappa shape index (κ1) is 11.8. The molecule has 0 radical (unpaired) electrons. The molecule has 0 unspecified atom stereocenters. The molecule has 0 bridgehead atoms. The zero-order chi connectivity index (χ0) is 13.1. The summed E-state index contributed by atoms with van der Waals surface area (Å²) in [5.74, 6) is -2.26. The third kappa shape index (κ3) is 2.54. The Kier molecular flexibility index (Phi) is 3.09. The summed E-state index contributed by atoms with van der Waals surface area (Å²) in [6.45, 7) is 0. The minimum absolute atomic E-state index is 0.199. The molecular weight excluding hydrogens is 248 g/mol. The van der Waals surface area contributed by atoms with Crippen molar-refractivity contribution in [2.75, 3.05) is 0 Å². The van der Waals surface area contributed by atoms with Crippen molar-refractivity contribution in [1.82, 2.24) is 9.97 Å². The van der Waals surface area contributed by atoms with Crippen LogP contribution in [0.5, 0.6) is 11.6 Å². The maximum Gasteiger partial charge on any atom is 0.272 e. The fourth-order valence-corrected chi connectivity index (χ4v) is 1.17. The van der Waals surface area contributed by atoms with E-state index in [2.05, 4.69) is 9.97 Å². The van der Waals surface area contributed by atoms with E-state index < -0.39 is 22.4 Å². The molecule has 8 heteroatoms. The summed E-state index contributed by atoms with van der Waals surface area (Å²) in [5, 5.41) is 10.4. The SMILES string of the molecule is O=[N+]([O-])c1ccc(Oc2cc(F)ncn2)c(F)c1. The van der Waals surface area contributed by atoms with E-state index in [-0.39, 0.29) is 11.6 Å². The predicted molar refractivity (Wildman–Crippen MR) is 55.1 cm³/mol. The average molecular weight is 253 g/mol. The van der Waals surface area contributed by atoms with Crippen molar-refractivity contribution in [3.05, 3.63) is 52.5 Å². The Balaban J connectivity index is 2.27. The molecule has 92 valence electrons. The van der Waals surface area contributed by atoms with Crippen LogP contribution in [0.15, 0.2) is 30.6 Å². The first-order chi connectivity index (χ1) is 8.56. The van der Waals surface area contributed by atoms with Gasteiger partial charge in [-0.15, -0.1) is 0 Å². The third-order valence-electron chi connectivity index (χ3n) is 1.95. The number of nitro benzene ring substituents is 1. The van der Waals surface area contributed by atoms with Gasteiger partial charge in [-0.05, 0) is 6.07 Å². The third-order valence-corrected chi connectivity index (χ3v) is 1.95. The van der Waals surface area contributed by atoms with Crippen LogP contribution >= 0.6 is 0 Å². The number of benzene rings is 1. The zero-order valence-electron chi connectivity index (χ0n) is 8.71. The van der Waals surface area contributed by atoms with E-state index in [0.717, 1.165) is 24.5 Å². The zero-order valence-corrected chi connectivity index (χ0v) is 8.71. The maximum atomic E-state index is 13.4. The van der Waals surface area contributed by atoms with Gasteiger partial charge in [-0.2, -0.15) is 4.39 Å². The molecule has 1 heterocycles. The molecule has 0 fully saturated rings. The van der Waals surface area contributed by atoms with Gasteiger partial charge in [0.25, 0.3) is 5.69 Å². The molecule has 0 aliphatic rings. The van der Waals surface area contributed by atoms with E-state index in [1.807, 2.05) is 0 Å². The highest BCUT2D eigenvalue weighted by Gasteiger charge is 2.12. The summed E-state index contributed by atoms with van der Waals surface area (Å²) in [7, 11) is 0. The molecule has 0 saturated heterocycles. The molecule has 2 rings (SSSR count). The lowest BCUT2D eigenvalue weighted by Gasteiger charge is -2.04. The van der Waals surface area contributed by atoms with E-state index in [9.17, 15) is 18.9 Å². The fraction of sp³-hybridized carbons (Fsp3) is 0. The molecule has 6 nitrogen and oxygen atoms in total. The van der Waals surface area contributed by atoms with E-state index in [1.54, 1.807) is 0 Å². The molecule has 0 spiro atoms. The fourth-order valence-electron chi connectivity index (χ4n) is 1.17.